The highest BCUT2D eigenvalue weighted by atomic mass is 32.2. The molecule has 9 heteroatoms. The van der Waals surface area contributed by atoms with E-state index in [0.717, 1.165) is 23.2 Å². The number of hydrogen-bond acceptors (Lipinski definition) is 6. The second kappa shape index (κ2) is 6.99. The lowest BCUT2D eigenvalue weighted by Gasteiger charge is -2.10. The molecule has 0 aliphatic carbocycles. The van der Waals surface area contributed by atoms with Crippen molar-refractivity contribution < 1.29 is 13.2 Å². The first-order chi connectivity index (χ1) is 12.6. The van der Waals surface area contributed by atoms with Gasteiger partial charge in [-0.1, -0.05) is 0 Å². The monoisotopic (exact) mass is 387 g/mol. The number of hydrogen-bond donors (Lipinski definition) is 1. The molecule has 3 rings (SSSR count). The Hall–Kier alpha value is -2.94. The van der Waals surface area contributed by atoms with Crippen molar-refractivity contribution in [1.82, 2.24) is 19.7 Å². The van der Waals surface area contributed by atoms with E-state index in [-0.39, 0.29) is 0 Å². The third-order valence-electron chi connectivity index (χ3n) is 4.05. The molecule has 0 radical (unpaired) electrons. The number of sulfonamides is 1. The normalized spacial score (nSPS) is 11.4. The molecule has 0 amide bonds. The lowest BCUT2D eigenvalue weighted by molar-refractivity contribution is 0.459. The van der Waals surface area contributed by atoms with Crippen molar-refractivity contribution in [3.05, 3.63) is 53.1 Å². The van der Waals surface area contributed by atoms with E-state index in [1.165, 1.54) is 0 Å². The summed E-state index contributed by atoms with van der Waals surface area (Å²) in [6.45, 7) is 7.75. The first kappa shape index (κ1) is 18.8. The van der Waals surface area contributed by atoms with E-state index in [1.807, 2.05) is 20.8 Å². The summed E-state index contributed by atoms with van der Waals surface area (Å²) in [5.74, 6) is 2.10. The molecule has 0 atom stereocenters. The molecule has 0 spiro atoms. The summed E-state index contributed by atoms with van der Waals surface area (Å²) in [7, 11) is -3.32. The van der Waals surface area contributed by atoms with Crippen LogP contribution >= 0.6 is 0 Å². The number of ether oxygens (including phenoxy) is 1. The molecule has 2 aromatic heterocycles. The van der Waals surface area contributed by atoms with Crippen LogP contribution in [0.1, 0.15) is 22.8 Å². The molecule has 0 saturated heterocycles. The van der Waals surface area contributed by atoms with Crippen molar-refractivity contribution in [1.29, 1.82) is 0 Å². The number of nitrogens with one attached hydrogen (secondary N) is 1. The molecule has 2 heterocycles. The number of benzene rings is 1. The van der Waals surface area contributed by atoms with Crippen LogP contribution in [0.25, 0.3) is 5.82 Å². The summed E-state index contributed by atoms with van der Waals surface area (Å²) >= 11 is 0. The zero-order chi connectivity index (χ0) is 19.8. The quantitative estimate of drug-likeness (QED) is 0.722. The van der Waals surface area contributed by atoms with Crippen molar-refractivity contribution >= 4 is 15.7 Å². The predicted molar refractivity (Wildman–Crippen MR) is 103 cm³/mol. The lowest BCUT2D eigenvalue weighted by Crippen LogP contribution is -2.09. The summed E-state index contributed by atoms with van der Waals surface area (Å²) in [6, 6.07) is 8.29. The third-order valence-corrected chi connectivity index (χ3v) is 4.66. The minimum atomic E-state index is -3.32. The van der Waals surface area contributed by atoms with E-state index in [9.17, 15) is 8.42 Å². The molecule has 0 fully saturated rings. The fourth-order valence-corrected chi connectivity index (χ4v) is 3.12. The number of rotatable bonds is 5. The Labute approximate surface area is 158 Å². The highest BCUT2D eigenvalue weighted by Crippen LogP contribution is 2.24. The summed E-state index contributed by atoms with van der Waals surface area (Å²) in [6.07, 6.45) is 1.10. The van der Waals surface area contributed by atoms with Crippen molar-refractivity contribution in [3.8, 4) is 17.4 Å². The van der Waals surface area contributed by atoms with Gasteiger partial charge in [0.25, 0.3) is 0 Å². The van der Waals surface area contributed by atoms with Gasteiger partial charge in [-0.2, -0.15) is 10.1 Å². The van der Waals surface area contributed by atoms with E-state index in [1.54, 1.807) is 41.9 Å². The van der Waals surface area contributed by atoms with Crippen LogP contribution in [-0.2, 0) is 10.0 Å². The van der Waals surface area contributed by atoms with Gasteiger partial charge in [0.1, 0.15) is 11.6 Å². The van der Waals surface area contributed by atoms with E-state index >= 15 is 0 Å². The Morgan fingerprint density at radius 1 is 1.04 bits per heavy atom. The minimum Gasteiger partial charge on any atom is -0.439 e. The molecule has 1 aromatic carbocycles. The fraction of sp³-hybridized carbons (Fsp3) is 0.278. The van der Waals surface area contributed by atoms with E-state index in [0.29, 0.717) is 29.0 Å². The average molecular weight is 387 g/mol. The lowest BCUT2D eigenvalue weighted by atomic mass is 10.2. The van der Waals surface area contributed by atoms with Gasteiger partial charge in [0, 0.05) is 17.4 Å². The first-order valence-corrected chi connectivity index (χ1v) is 10.2. The molecular weight excluding hydrogens is 366 g/mol. The van der Waals surface area contributed by atoms with Crippen LogP contribution < -0.4 is 9.46 Å². The van der Waals surface area contributed by atoms with Gasteiger partial charge in [0.2, 0.25) is 15.9 Å². The SMILES string of the molecule is Cc1nc(Oc2ccc(NS(C)(=O)=O)cc2)cc(-n2nc(C)c(C)c2C)n1. The molecule has 1 N–H and O–H groups in total. The second-order valence-electron chi connectivity index (χ2n) is 6.32. The van der Waals surface area contributed by atoms with Gasteiger partial charge >= 0.3 is 0 Å². The van der Waals surface area contributed by atoms with Crippen LogP contribution in [-0.4, -0.2) is 34.4 Å². The largest absolute Gasteiger partial charge is 0.439 e. The fourth-order valence-electron chi connectivity index (χ4n) is 2.56. The van der Waals surface area contributed by atoms with Crippen LogP contribution in [0.15, 0.2) is 30.3 Å². The van der Waals surface area contributed by atoms with Gasteiger partial charge in [-0.25, -0.2) is 18.1 Å². The summed E-state index contributed by atoms with van der Waals surface area (Å²) < 4.78 is 32.5. The van der Waals surface area contributed by atoms with Gasteiger partial charge in [0.05, 0.1) is 11.9 Å². The van der Waals surface area contributed by atoms with Crippen LogP contribution in [0.4, 0.5) is 5.69 Å². The summed E-state index contributed by atoms with van der Waals surface area (Å²) in [5, 5.41) is 4.52. The van der Waals surface area contributed by atoms with Gasteiger partial charge < -0.3 is 4.74 Å². The smallest absolute Gasteiger partial charge is 0.229 e. The summed E-state index contributed by atoms with van der Waals surface area (Å²) in [5.41, 5.74) is 3.53. The highest BCUT2D eigenvalue weighted by Gasteiger charge is 2.13. The van der Waals surface area contributed by atoms with Gasteiger partial charge in [-0.15, -0.1) is 0 Å². The molecule has 8 nitrogen and oxygen atoms in total. The van der Waals surface area contributed by atoms with Crippen molar-refractivity contribution in [2.75, 3.05) is 11.0 Å². The van der Waals surface area contributed by atoms with Crippen molar-refractivity contribution in [3.63, 3.8) is 0 Å². The summed E-state index contributed by atoms with van der Waals surface area (Å²) in [4.78, 5) is 8.76. The van der Waals surface area contributed by atoms with Gasteiger partial charge in [-0.05, 0) is 57.5 Å². The zero-order valence-electron chi connectivity index (χ0n) is 15.8. The average Bonchev–Trinajstić information content (AvgIpc) is 2.82. The molecular formula is C18H21N5O3S. The Bertz CT molecular complexity index is 1090. The van der Waals surface area contributed by atoms with E-state index in [4.69, 9.17) is 4.74 Å². The van der Waals surface area contributed by atoms with Gasteiger partial charge in [0.15, 0.2) is 5.82 Å². The molecule has 0 unspecified atom stereocenters. The number of nitrogens with zero attached hydrogens (tertiary/aromatic N) is 4. The second-order valence-corrected chi connectivity index (χ2v) is 8.07. The first-order valence-electron chi connectivity index (χ1n) is 8.27. The molecule has 0 bridgehead atoms. The standard InChI is InChI=1S/C18H21N5O3S/c1-11-12(2)21-23(13(11)3)17-10-18(20-14(4)19-17)26-16-8-6-15(7-9-16)22-27(5,24)25/h6-10,22H,1-5H3. The maximum absolute atomic E-state index is 11.3. The van der Waals surface area contributed by atoms with E-state index in [2.05, 4.69) is 19.8 Å². The minimum absolute atomic E-state index is 0.381. The van der Waals surface area contributed by atoms with E-state index < -0.39 is 10.0 Å². The highest BCUT2D eigenvalue weighted by molar-refractivity contribution is 7.92. The van der Waals surface area contributed by atoms with Crippen LogP contribution in [0.5, 0.6) is 11.6 Å². The molecule has 3 aromatic rings. The van der Waals surface area contributed by atoms with Crippen molar-refractivity contribution in [2.24, 2.45) is 0 Å². The van der Waals surface area contributed by atoms with Gasteiger partial charge in [-0.3, -0.25) is 4.72 Å². The zero-order valence-corrected chi connectivity index (χ0v) is 16.6. The van der Waals surface area contributed by atoms with Crippen LogP contribution in [0.2, 0.25) is 0 Å². The van der Waals surface area contributed by atoms with Crippen LogP contribution in [0.3, 0.4) is 0 Å². The molecule has 27 heavy (non-hydrogen) atoms. The third kappa shape index (κ3) is 4.43. The Morgan fingerprint density at radius 3 is 2.26 bits per heavy atom. The maximum Gasteiger partial charge on any atom is 0.229 e. The number of aromatic nitrogens is 4. The molecule has 142 valence electrons. The molecule has 0 aliphatic heterocycles. The topological polar surface area (TPSA) is 99.0 Å². The van der Waals surface area contributed by atoms with Crippen molar-refractivity contribution in [2.45, 2.75) is 27.7 Å². The molecule has 0 saturated carbocycles. The Morgan fingerprint density at radius 2 is 1.70 bits per heavy atom. The number of aryl methyl sites for hydroxylation is 2. The maximum atomic E-state index is 11.3. The predicted octanol–water partition coefficient (Wildman–Crippen LogP) is 3.06. The Kier molecular flexibility index (Phi) is 4.88. The molecule has 0 aliphatic rings. The Balaban J connectivity index is 1.87. The van der Waals surface area contributed by atoms with Crippen LogP contribution in [0, 0.1) is 27.7 Å². The number of anilines is 1.